The lowest BCUT2D eigenvalue weighted by Crippen LogP contribution is -2.05. The summed E-state index contributed by atoms with van der Waals surface area (Å²) in [6.07, 6.45) is 3.95. The maximum Gasteiger partial charge on any atom is 0.133 e. The molecule has 2 aromatic rings. The van der Waals surface area contributed by atoms with Crippen molar-refractivity contribution < 1.29 is 9.47 Å². The lowest BCUT2D eigenvalue weighted by Gasteiger charge is -2.09. The standard InChI is InChI=1S/C15H20N2O2/c1-18-10-4-3-8-16-15-14-6-5-13(19-2)11-12(14)7-9-17-15/h5-7,9,11H,3-4,8,10H2,1-2H3,(H,16,17). The lowest BCUT2D eigenvalue weighted by molar-refractivity contribution is 0.194. The number of methoxy groups -OCH3 is 2. The molecule has 0 amide bonds. The summed E-state index contributed by atoms with van der Waals surface area (Å²) in [4.78, 5) is 4.40. The summed E-state index contributed by atoms with van der Waals surface area (Å²) < 4.78 is 10.3. The van der Waals surface area contributed by atoms with Gasteiger partial charge in [0.1, 0.15) is 11.6 Å². The molecule has 1 N–H and O–H groups in total. The summed E-state index contributed by atoms with van der Waals surface area (Å²) in [7, 11) is 3.41. The largest absolute Gasteiger partial charge is 0.497 e. The zero-order valence-corrected chi connectivity index (χ0v) is 11.5. The van der Waals surface area contributed by atoms with Crippen LogP contribution in [0.4, 0.5) is 5.82 Å². The monoisotopic (exact) mass is 260 g/mol. The Balaban J connectivity index is 2.06. The van der Waals surface area contributed by atoms with E-state index in [1.165, 1.54) is 0 Å². The zero-order valence-electron chi connectivity index (χ0n) is 11.5. The highest BCUT2D eigenvalue weighted by Crippen LogP contribution is 2.25. The third-order valence-electron chi connectivity index (χ3n) is 3.04. The molecule has 0 aliphatic carbocycles. The fraction of sp³-hybridized carbons (Fsp3) is 0.400. The molecule has 0 aliphatic heterocycles. The molecule has 0 atom stereocenters. The molecule has 19 heavy (non-hydrogen) atoms. The Morgan fingerprint density at radius 1 is 1.16 bits per heavy atom. The van der Waals surface area contributed by atoms with Gasteiger partial charge < -0.3 is 14.8 Å². The molecule has 1 aromatic carbocycles. The molecule has 1 heterocycles. The first-order valence-corrected chi connectivity index (χ1v) is 6.50. The smallest absolute Gasteiger partial charge is 0.133 e. The highest BCUT2D eigenvalue weighted by atomic mass is 16.5. The number of aromatic nitrogens is 1. The van der Waals surface area contributed by atoms with Crippen molar-refractivity contribution in [2.45, 2.75) is 12.8 Å². The first-order chi connectivity index (χ1) is 9.35. The predicted molar refractivity (Wildman–Crippen MR) is 77.9 cm³/mol. The molecule has 2 rings (SSSR count). The third kappa shape index (κ3) is 3.58. The second kappa shape index (κ2) is 6.95. The molecule has 0 unspecified atom stereocenters. The molecule has 102 valence electrons. The Hall–Kier alpha value is -1.81. The number of ether oxygens (including phenoxy) is 2. The van der Waals surface area contributed by atoms with Crippen LogP contribution in [-0.4, -0.2) is 32.4 Å². The molecular formula is C15H20N2O2. The number of hydrogen-bond donors (Lipinski definition) is 1. The molecule has 0 bridgehead atoms. The third-order valence-corrected chi connectivity index (χ3v) is 3.04. The molecule has 0 radical (unpaired) electrons. The number of anilines is 1. The molecular weight excluding hydrogens is 240 g/mol. The number of fused-ring (bicyclic) bond motifs is 1. The molecule has 0 spiro atoms. The normalized spacial score (nSPS) is 10.6. The van der Waals surface area contributed by atoms with Crippen molar-refractivity contribution in [3.05, 3.63) is 30.5 Å². The van der Waals surface area contributed by atoms with Gasteiger partial charge in [-0.05, 0) is 42.5 Å². The summed E-state index contributed by atoms with van der Waals surface area (Å²) >= 11 is 0. The average Bonchev–Trinajstić information content (AvgIpc) is 2.46. The number of nitrogens with one attached hydrogen (secondary N) is 1. The maximum absolute atomic E-state index is 5.23. The van der Waals surface area contributed by atoms with Gasteiger partial charge in [-0.25, -0.2) is 4.98 Å². The highest BCUT2D eigenvalue weighted by Gasteiger charge is 2.03. The molecule has 0 saturated heterocycles. The minimum Gasteiger partial charge on any atom is -0.497 e. The number of nitrogens with zero attached hydrogens (tertiary/aromatic N) is 1. The molecule has 4 nitrogen and oxygen atoms in total. The van der Waals surface area contributed by atoms with Gasteiger partial charge in [0.25, 0.3) is 0 Å². The van der Waals surface area contributed by atoms with Crippen LogP contribution in [0.15, 0.2) is 30.5 Å². The van der Waals surface area contributed by atoms with Crippen LogP contribution in [0.3, 0.4) is 0 Å². The van der Waals surface area contributed by atoms with E-state index < -0.39 is 0 Å². The van der Waals surface area contributed by atoms with E-state index in [0.717, 1.165) is 48.3 Å². The molecule has 0 aliphatic rings. The topological polar surface area (TPSA) is 43.4 Å². The Labute approximate surface area is 113 Å². The van der Waals surface area contributed by atoms with E-state index in [0.29, 0.717) is 0 Å². The average molecular weight is 260 g/mol. The fourth-order valence-electron chi connectivity index (χ4n) is 2.00. The Morgan fingerprint density at radius 3 is 2.84 bits per heavy atom. The van der Waals surface area contributed by atoms with E-state index in [1.54, 1.807) is 14.2 Å². The predicted octanol–water partition coefficient (Wildman–Crippen LogP) is 3.08. The van der Waals surface area contributed by atoms with E-state index >= 15 is 0 Å². The van der Waals surface area contributed by atoms with Gasteiger partial charge in [0.05, 0.1) is 7.11 Å². The lowest BCUT2D eigenvalue weighted by atomic mass is 10.1. The first kappa shape index (κ1) is 13.6. The summed E-state index contributed by atoms with van der Waals surface area (Å²) in [5, 5.41) is 5.63. The van der Waals surface area contributed by atoms with Crippen molar-refractivity contribution in [2.24, 2.45) is 0 Å². The minimum atomic E-state index is 0.807. The van der Waals surface area contributed by atoms with Crippen molar-refractivity contribution in [1.82, 2.24) is 4.98 Å². The van der Waals surface area contributed by atoms with Crippen LogP contribution in [0.1, 0.15) is 12.8 Å². The minimum absolute atomic E-state index is 0.807. The van der Waals surface area contributed by atoms with Gasteiger partial charge in [-0.3, -0.25) is 0 Å². The van der Waals surface area contributed by atoms with E-state index in [-0.39, 0.29) is 0 Å². The van der Waals surface area contributed by atoms with E-state index in [9.17, 15) is 0 Å². The first-order valence-electron chi connectivity index (χ1n) is 6.50. The maximum atomic E-state index is 5.23. The van der Waals surface area contributed by atoms with Gasteiger partial charge >= 0.3 is 0 Å². The van der Waals surface area contributed by atoms with Crippen molar-refractivity contribution in [1.29, 1.82) is 0 Å². The second-order valence-corrected chi connectivity index (χ2v) is 4.37. The van der Waals surface area contributed by atoms with E-state index in [1.807, 2.05) is 30.5 Å². The van der Waals surface area contributed by atoms with Crippen LogP contribution in [0.25, 0.3) is 10.8 Å². The Bertz CT molecular complexity index is 529. The Morgan fingerprint density at radius 2 is 2.05 bits per heavy atom. The summed E-state index contributed by atoms with van der Waals surface area (Å²) in [5.74, 6) is 1.79. The van der Waals surface area contributed by atoms with Gasteiger partial charge in [-0.2, -0.15) is 0 Å². The van der Waals surface area contributed by atoms with Crippen molar-refractivity contribution >= 4 is 16.6 Å². The molecule has 0 fully saturated rings. The number of pyridine rings is 1. The van der Waals surface area contributed by atoms with Gasteiger partial charge in [0.2, 0.25) is 0 Å². The number of rotatable bonds is 7. The van der Waals surface area contributed by atoms with Crippen molar-refractivity contribution in [3.63, 3.8) is 0 Å². The van der Waals surface area contributed by atoms with Crippen LogP contribution >= 0.6 is 0 Å². The molecule has 1 aromatic heterocycles. The fourth-order valence-corrected chi connectivity index (χ4v) is 2.00. The summed E-state index contributed by atoms with van der Waals surface area (Å²) in [6, 6.07) is 8.01. The van der Waals surface area contributed by atoms with Crippen molar-refractivity contribution in [2.75, 3.05) is 32.7 Å². The van der Waals surface area contributed by atoms with Crippen LogP contribution in [-0.2, 0) is 4.74 Å². The highest BCUT2D eigenvalue weighted by molar-refractivity contribution is 5.92. The van der Waals surface area contributed by atoms with Crippen molar-refractivity contribution in [3.8, 4) is 5.75 Å². The quantitative estimate of drug-likeness (QED) is 0.777. The molecule has 4 heteroatoms. The SMILES string of the molecule is COCCCCNc1nccc2cc(OC)ccc12. The van der Waals surface area contributed by atoms with Crippen LogP contribution in [0.5, 0.6) is 5.75 Å². The number of unbranched alkanes of at least 4 members (excludes halogenated alkanes) is 1. The van der Waals surface area contributed by atoms with Gasteiger partial charge in [-0.15, -0.1) is 0 Å². The number of benzene rings is 1. The number of hydrogen-bond acceptors (Lipinski definition) is 4. The summed E-state index contributed by atoms with van der Waals surface area (Å²) in [5.41, 5.74) is 0. The van der Waals surface area contributed by atoms with Crippen LogP contribution in [0, 0.1) is 0 Å². The van der Waals surface area contributed by atoms with E-state index in [2.05, 4.69) is 10.3 Å². The van der Waals surface area contributed by atoms with Gasteiger partial charge in [-0.1, -0.05) is 0 Å². The summed E-state index contributed by atoms with van der Waals surface area (Å²) in [6.45, 7) is 1.71. The van der Waals surface area contributed by atoms with Gasteiger partial charge in [0.15, 0.2) is 0 Å². The van der Waals surface area contributed by atoms with Crippen LogP contribution in [0.2, 0.25) is 0 Å². The van der Waals surface area contributed by atoms with Gasteiger partial charge in [0, 0.05) is 31.8 Å². The zero-order chi connectivity index (χ0) is 13.5. The van der Waals surface area contributed by atoms with E-state index in [4.69, 9.17) is 9.47 Å². The van der Waals surface area contributed by atoms with Crippen LogP contribution < -0.4 is 10.1 Å². The Kier molecular flexibility index (Phi) is 4.98. The second-order valence-electron chi connectivity index (χ2n) is 4.37. The molecule has 0 saturated carbocycles.